The van der Waals surface area contributed by atoms with Gasteiger partial charge in [0.1, 0.15) is 0 Å². The Morgan fingerprint density at radius 3 is 2.52 bits per heavy atom. The van der Waals surface area contributed by atoms with Crippen molar-refractivity contribution >= 4 is 27.3 Å². The van der Waals surface area contributed by atoms with Crippen LogP contribution in [0.1, 0.15) is 5.56 Å². The lowest BCUT2D eigenvalue weighted by molar-refractivity contribution is -0.384. The van der Waals surface area contributed by atoms with Crippen molar-refractivity contribution in [2.24, 2.45) is 0 Å². The summed E-state index contributed by atoms with van der Waals surface area (Å²) >= 11 is 0. The molecular weight excluding hydrogens is 374 g/mol. The molecule has 0 spiro atoms. The Labute approximate surface area is 154 Å². The number of hydrogen-bond donors (Lipinski definition) is 3. The van der Waals surface area contributed by atoms with E-state index in [1.165, 1.54) is 23.7 Å². The molecule has 138 valence electrons. The highest BCUT2D eigenvalue weighted by molar-refractivity contribution is 7.92. The second kappa shape index (κ2) is 8.61. The van der Waals surface area contributed by atoms with Gasteiger partial charge in [0, 0.05) is 23.8 Å². The molecule has 0 bridgehead atoms. The van der Waals surface area contributed by atoms with E-state index in [1.54, 1.807) is 12.1 Å². The van der Waals surface area contributed by atoms with E-state index in [0.717, 1.165) is 30.3 Å². The monoisotopic (exact) mass is 387 g/mol. The Morgan fingerprint density at radius 1 is 1.19 bits per heavy atom. The van der Waals surface area contributed by atoms with Crippen LogP contribution in [-0.2, 0) is 14.8 Å². The SMILES string of the molecule is O=C(/C=C/C#Cc1cccc(NS(=O)(=O)c2ccc([N+](=O)[O-])cc2)c1)NO. The van der Waals surface area contributed by atoms with E-state index < -0.39 is 20.9 Å². The lowest BCUT2D eigenvalue weighted by Gasteiger charge is -2.08. The lowest BCUT2D eigenvalue weighted by Crippen LogP contribution is -2.14. The minimum Gasteiger partial charge on any atom is -0.288 e. The van der Waals surface area contributed by atoms with E-state index in [1.807, 2.05) is 0 Å². The quantitative estimate of drug-likeness (QED) is 0.235. The smallest absolute Gasteiger partial charge is 0.269 e. The van der Waals surface area contributed by atoms with Crippen LogP contribution in [0, 0.1) is 22.0 Å². The number of amides is 1. The Hall–Kier alpha value is -3.68. The Balaban J connectivity index is 2.17. The zero-order chi connectivity index (χ0) is 19.9. The second-order valence-electron chi connectivity index (χ2n) is 5.02. The molecule has 0 aliphatic heterocycles. The van der Waals surface area contributed by atoms with Gasteiger partial charge in [-0.25, -0.2) is 13.9 Å². The summed E-state index contributed by atoms with van der Waals surface area (Å²) in [6.07, 6.45) is 2.24. The van der Waals surface area contributed by atoms with Crippen molar-refractivity contribution in [2.45, 2.75) is 4.90 Å². The van der Waals surface area contributed by atoms with Crippen LogP contribution in [0.3, 0.4) is 0 Å². The van der Waals surface area contributed by atoms with Crippen molar-refractivity contribution in [3.63, 3.8) is 0 Å². The van der Waals surface area contributed by atoms with Gasteiger partial charge >= 0.3 is 0 Å². The van der Waals surface area contributed by atoms with Gasteiger partial charge in [-0.15, -0.1) is 0 Å². The zero-order valence-electron chi connectivity index (χ0n) is 13.6. The molecule has 27 heavy (non-hydrogen) atoms. The minimum absolute atomic E-state index is 0.123. The topological polar surface area (TPSA) is 139 Å². The van der Waals surface area contributed by atoms with Crippen LogP contribution in [0.4, 0.5) is 11.4 Å². The van der Waals surface area contributed by atoms with Crippen LogP contribution in [-0.4, -0.2) is 24.5 Å². The third-order valence-corrected chi connectivity index (χ3v) is 4.51. The fraction of sp³-hybridized carbons (Fsp3) is 0. The Bertz CT molecular complexity index is 1050. The van der Waals surface area contributed by atoms with Gasteiger partial charge in [-0.1, -0.05) is 17.9 Å². The molecule has 0 fully saturated rings. The Kier molecular flexibility index (Phi) is 6.27. The fourth-order valence-electron chi connectivity index (χ4n) is 1.90. The van der Waals surface area contributed by atoms with Gasteiger partial charge in [0.05, 0.1) is 15.5 Å². The number of carbonyl (C=O) groups excluding carboxylic acids is 1. The van der Waals surface area contributed by atoms with Gasteiger partial charge in [-0.05, 0) is 36.4 Å². The molecule has 0 aromatic heterocycles. The average Bonchev–Trinajstić information content (AvgIpc) is 2.65. The highest BCUT2D eigenvalue weighted by Gasteiger charge is 2.16. The largest absolute Gasteiger partial charge is 0.288 e. The average molecular weight is 387 g/mol. The molecule has 1 amide bonds. The molecule has 10 heteroatoms. The van der Waals surface area contributed by atoms with Crippen molar-refractivity contribution < 1.29 is 23.3 Å². The highest BCUT2D eigenvalue weighted by Crippen LogP contribution is 2.19. The third kappa shape index (κ3) is 5.67. The van der Waals surface area contributed by atoms with Gasteiger partial charge in [-0.2, -0.15) is 0 Å². The van der Waals surface area contributed by atoms with Crippen molar-refractivity contribution in [2.75, 3.05) is 4.72 Å². The van der Waals surface area contributed by atoms with Crippen LogP contribution in [0.25, 0.3) is 0 Å². The molecule has 0 unspecified atom stereocenters. The Morgan fingerprint density at radius 2 is 1.89 bits per heavy atom. The van der Waals surface area contributed by atoms with Gasteiger partial charge in [-0.3, -0.25) is 24.8 Å². The molecule has 9 nitrogen and oxygen atoms in total. The number of hydroxylamine groups is 1. The molecule has 0 atom stereocenters. The van der Waals surface area contributed by atoms with Crippen LogP contribution >= 0.6 is 0 Å². The van der Waals surface area contributed by atoms with Gasteiger partial charge in [0.25, 0.3) is 21.6 Å². The molecule has 3 N–H and O–H groups in total. The van der Waals surface area contributed by atoms with E-state index >= 15 is 0 Å². The van der Waals surface area contributed by atoms with E-state index in [4.69, 9.17) is 5.21 Å². The number of hydrogen-bond acceptors (Lipinski definition) is 6. The molecule has 2 aromatic rings. The second-order valence-corrected chi connectivity index (χ2v) is 6.70. The molecule has 0 saturated heterocycles. The predicted molar refractivity (Wildman–Crippen MR) is 96.3 cm³/mol. The molecule has 0 radical (unpaired) electrons. The van der Waals surface area contributed by atoms with Crippen molar-refractivity contribution in [1.82, 2.24) is 5.48 Å². The number of nitro groups is 1. The molecule has 0 heterocycles. The number of carbonyl (C=O) groups is 1. The number of nitrogens with zero attached hydrogens (tertiary/aromatic N) is 1. The summed E-state index contributed by atoms with van der Waals surface area (Å²) in [7, 11) is -3.93. The predicted octanol–water partition coefficient (Wildman–Crippen LogP) is 1.81. The summed E-state index contributed by atoms with van der Waals surface area (Å²) in [6.45, 7) is 0. The van der Waals surface area contributed by atoms with E-state index in [0.29, 0.717) is 5.56 Å². The standard InChI is InChI=1S/C17H13N3O6S/c21-17(18-22)7-2-1-4-13-5-3-6-14(12-13)19-27(25,26)16-10-8-15(9-11-16)20(23)24/h2-3,5-12,19,22H,(H,18,21)/b7-2+. The number of nitro benzene ring substituents is 1. The number of nitrogens with one attached hydrogen (secondary N) is 2. The molecule has 2 aromatic carbocycles. The summed E-state index contributed by atoms with van der Waals surface area (Å²) in [5.41, 5.74) is 1.93. The number of sulfonamides is 1. The van der Waals surface area contributed by atoms with Crippen LogP contribution in [0.5, 0.6) is 0 Å². The summed E-state index contributed by atoms with van der Waals surface area (Å²) in [4.78, 5) is 20.7. The highest BCUT2D eigenvalue weighted by atomic mass is 32.2. The maximum absolute atomic E-state index is 12.4. The first-order chi connectivity index (χ1) is 12.8. The van der Waals surface area contributed by atoms with Crippen molar-refractivity contribution in [3.05, 3.63) is 76.4 Å². The maximum Gasteiger partial charge on any atom is 0.269 e. The van der Waals surface area contributed by atoms with Gasteiger partial charge < -0.3 is 0 Å². The minimum atomic E-state index is -3.93. The van der Waals surface area contributed by atoms with Crippen LogP contribution < -0.4 is 10.2 Å². The molecule has 0 aliphatic rings. The summed E-state index contributed by atoms with van der Waals surface area (Å²) < 4.78 is 27.1. The summed E-state index contributed by atoms with van der Waals surface area (Å²) in [5, 5.41) is 19.0. The first kappa shape index (κ1) is 19.6. The van der Waals surface area contributed by atoms with Crippen LogP contribution in [0.2, 0.25) is 0 Å². The van der Waals surface area contributed by atoms with E-state index in [2.05, 4.69) is 16.6 Å². The number of benzene rings is 2. The molecule has 0 saturated carbocycles. The number of anilines is 1. The number of non-ortho nitro benzene ring substituents is 1. The van der Waals surface area contributed by atoms with Gasteiger partial charge in [0.2, 0.25) is 0 Å². The number of rotatable bonds is 5. The lowest BCUT2D eigenvalue weighted by atomic mass is 10.2. The van der Waals surface area contributed by atoms with E-state index in [-0.39, 0.29) is 16.3 Å². The zero-order valence-corrected chi connectivity index (χ0v) is 14.4. The van der Waals surface area contributed by atoms with Crippen molar-refractivity contribution in [3.8, 4) is 11.8 Å². The summed E-state index contributed by atoms with van der Waals surface area (Å²) in [6, 6.07) is 10.7. The first-order valence-corrected chi connectivity index (χ1v) is 8.79. The third-order valence-electron chi connectivity index (χ3n) is 3.12. The fourth-order valence-corrected chi connectivity index (χ4v) is 2.95. The molecule has 0 aliphatic carbocycles. The van der Waals surface area contributed by atoms with Crippen LogP contribution in [0.15, 0.2) is 65.6 Å². The first-order valence-electron chi connectivity index (χ1n) is 7.31. The van der Waals surface area contributed by atoms with Crippen molar-refractivity contribution in [1.29, 1.82) is 0 Å². The van der Waals surface area contributed by atoms with E-state index in [9.17, 15) is 23.3 Å². The summed E-state index contributed by atoms with van der Waals surface area (Å²) in [5.74, 6) is 4.54. The number of allylic oxidation sites excluding steroid dienone is 1. The maximum atomic E-state index is 12.4. The molecular formula is C17H13N3O6S. The molecule has 2 rings (SSSR count). The van der Waals surface area contributed by atoms with Gasteiger partial charge in [0.15, 0.2) is 0 Å². The normalized spacial score (nSPS) is 10.7.